The maximum absolute atomic E-state index is 5.98. The number of benzene rings is 4. The van der Waals surface area contributed by atoms with Crippen molar-refractivity contribution in [3.8, 4) is 34.9 Å². The molecular weight excluding hydrogens is 1560 g/mol. The molecule has 0 unspecified atom stereocenters. The first kappa shape index (κ1) is 90.6. The molecular formula is C84H108Br2N14O4S4. The summed E-state index contributed by atoms with van der Waals surface area (Å²) in [6.07, 6.45) is 29.0. The van der Waals surface area contributed by atoms with Gasteiger partial charge in [-0.1, -0.05) is 107 Å². The number of aromatic nitrogens is 12. The first-order valence-electron chi connectivity index (χ1n) is 35.4. The molecule has 2 aliphatic heterocycles. The molecule has 4 atom stereocenters. The van der Waals surface area contributed by atoms with E-state index in [4.69, 9.17) is 18.9 Å². The Kier molecular flexibility index (Phi) is 36.4. The molecule has 6 aliphatic rings. The summed E-state index contributed by atoms with van der Waals surface area (Å²) < 4.78 is 29.9. The molecule has 0 amide bonds. The summed E-state index contributed by atoms with van der Waals surface area (Å²) >= 11 is 6.84. The molecule has 0 saturated heterocycles. The quantitative estimate of drug-likeness (QED) is 0.0785. The highest BCUT2D eigenvalue weighted by molar-refractivity contribution is 9.10. The Morgan fingerprint density at radius 3 is 0.824 bits per heavy atom. The molecule has 10 aromatic rings. The van der Waals surface area contributed by atoms with E-state index in [2.05, 4.69) is 174 Å². The van der Waals surface area contributed by atoms with E-state index in [1.807, 2.05) is 181 Å². The average molecular weight is 1670 g/mol. The summed E-state index contributed by atoms with van der Waals surface area (Å²) in [5, 5.41) is 0. The van der Waals surface area contributed by atoms with Crippen LogP contribution < -0.4 is 18.9 Å². The third-order valence-electron chi connectivity index (χ3n) is 17.5. The van der Waals surface area contributed by atoms with Gasteiger partial charge in [0.1, 0.15) is 47.7 Å². The zero-order valence-electron chi connectivity index (χ0n) is 62.5. The smallest absolute Gasteiger partial charge is 0.217 e. The maximum atomic E-state index is 5.98. The standard InChI is InChI=1S/2C20H22N4O.2C14H15BrN2O.2C7H9N.2CH4.4H2S/c2*1-13-10-20(23-15(3)22-13)25-14(2)16-6-8-18(9-7-16)24-11-19(21-12-24)17-4-5-17;2*1-9-8-14(17-11(3)16-9)18-10(2)12-4-6-13(15)7-5-12;2*1-2-7(8-5-1)6-3-4-6;;;;;;/h2*6-12,14,17H,4-5H2,1-3H3;2*4-8,10H,1-3H3;2*2,5-6H,1,3-4H2;2*1H4;4*1H2/t2*14-;2*10-;;;;;;;;/m0000......../s1. The van der Waals surface area contributed by atoms with Crippen LogP contribution in [0, 0.1) is 67.2 Å². The Morgan fingerprint density at radius 2 is 0.602 bits per heavy atom. The predicted octanol–water partition coefficient (Wildman–Crippen LogP) is 21.8. The molecule has 8 heterocycles. The number of hydrogen-bond acceptors (Lipinski definition) is 16. The van der Waals surface area contributed by atoms with Gasteiger partial charge in [-0.2, -0.15) is 73.9 Å². The van der Waals surface area contributed by atoms with E-state index in [1.165, 1.54) is 74.1 Å². The van der Waals surface area contributed by atoms with E-state index in [9.17, 15) is 0 Å². The summed E-state index contributed by atoms with van der Waals surface area (Å²) in [6.45, 7) is 23.3. The Bertz CT molecular complexity index is 4190. The monoisotopic (exact) mass is 1660 g/mol. The van der Waals surface area contributed by atoms with E-state index >= 15 is 0 Å². The molecule has 0 spiro atoms. The SMILES string of the molecule is C.C.C1=NC(C2CC2)=CC1.C1=NC(C2CC2)=CC1.Cc1cc(O[C@@H](C)c2ccc(-n3cnc(C4CC4)c3)cc2)nc(C)n1.Cc1cc(O[C@@H](C)c2ccc(-n3cnc(C4CC4)c3)cc2)nc(C)n1.Cc1cc(O[C@@H](C)c2ccc(Br)cc2)nc(C)n1.Cc1cc(O[C@@H](C)c2ccc(Br)cc2)nc(C)n1.S.S.S.S. The maximum Gasteiger partial charge on any atom is 0.217 e. The number of hydrogen-bond donors (Lipinski definition) is 0. The van der Waals surface area contributed by atoms with Crippen molar-refractivity contribution < 1.29 is 18.9 Å². The number of imidazole rings is 2. The lowest BCUT2D eigenvalue weighted by Crippen LogP contribution is -2.06. The lowest BCUT2D eigenvalue weighted by Gasteiger charge is -2.15. The Morgan fingerprint density at radius 1 is 0.352 bits per heavy atom. The van der Waals surface area contributed by atoms with E-state index in [0.29, 0.717) is 35.4 Å². The number of nitrogens with zero attached hydrogens (tertiary/aromatic N) is 14. The van der Waals surface area contributed by atoms with Crippen molar-refractivity contribution in [2.75, 3.05) is 0 Å². The van der Waals surface area contributed by atoms with Crippen molar-refractivity contribution in [3.05, 3.63) is 259 Å². The van der Waals surface area contributed by atoms with Gasteiger partial charge in [0, 0.05) is 140 Å². The van der Waals surface area contributed by atoms with Crippen LogP contribution >= 0.6 is 85.8 Å². The van der Waals surface area contributed by atoms with Gasteiger partial charge in [-0.25, -0.2) is 29.9 Å². The molecule has 4 saturated carbocycles. The Hall–Kier alpha value is -8.00. The summed E-state index contributed by atoms with van der Waals surface area (Å²) in [6, 6.07) is 40.4. The Balaban J connectivity index is 0.000000238. The fourth-order valence-corrected chi connectivity index (χ4v) is 12.0. The number of ether oxygens (including phenoxy) is 4. The second-order valence-corrected chi connectivity index (χ2v) is 28.6. The topological polar surface area (TPSA) is 200 Å². The van der Waals surface area contributed by atoms with Crippen LogP contribution in [-0.2, 0) is 0 Å². The second kappa shape index (κ2) is 43.4. The third kappa shape index (κ3) is 28.5. The van der Waals surface area contributed by atoms with Crippen molar-refractivity contribution in [1.82, 2.24) is 59.0 Å². The highest BCUT2D eigenvalue weighted by Gasteiger charge is 2.29. The van der Waals surface area contributed by atoms with Crippen LogP contribution in [-0.4, -0.2) is 71.4 Å². The zero-order chi connectivity index (χ0) is 71.8. The summed E-state index contributed by atoms with van der Waals surface area (Å²) in [5.41, 5.74) is 15.5. The van der Waals surface area contributed by atoms with Crippen molar-refractivity contribution >= 4 is 98.3 Å². The minimum Gasteiger partial charge on any atom is -0.470 e. The number of allylic oxidation sites excluding steroid dienone is 4. The summed E-state index contributed by atoms with van der Waals surface area (Å²) in [5.74, 6) is 8.44. The molecule has 6 aromatic heterocycles. The molecule has 18 nitrogen and oxygen atoms in total. The summed E-state index contributed by atoms with van der Waals surface area (Å²) in [7, 11) is 0. The fraction of sp³-hybridized carbons (Fsp3) is 0.381. The summed E-state index contributed by atoms with van der Waals surface area (Å²) in [4.78, 5) is 51.7. The van der Waals surface area contributed by atoms with Gasteiger partial charge in [0.25, 0.3) is 0 Å². The van der Waals surface area contributed by atoms with Crippen LogP contribution in [0.25, 0.3) is 11.4 Å². The van der Waals surface area contributed by atoms with E-state index in [1.54, 1.807) is 0 Å². The van der Waals surface area contributed by atoms with Gasteiger partial charge in [0.05, 0.1) is 24.0 Å². The van der Waals surface area contributed by atoms with Crippen LogP contribution in [0.1, 0.15) is 223 Å². The number of halogens is 2. The van der Waals surface area contributed by atoms with Gasteiger partial charge < -0.3 is 28.1 Å². The molecule has 16 rings (SSSR count). The number of aliphatic imine (C=N–C) groups is 2. The lowest BCUT2D eigenvalue weighted by atomic mass is 10.1. The van der Waals surface area contributed by atoms with Crippen LogP contribution in [0.2, 0.25) is 0 Å². The largest absolute Gasteiger partial charge is 0.470 e. The van der Waals surface area contributed by atoms with Crippen molar-refractivity contribution in [2.45, 2.75) is 198 Å². The van der Waals surface area contributed by atoms with Crippen molar-refractivity contribution in [1.29, 1.82) is 0 Å². The minimum absolute atomic E-state index is 0. The van der Waals surface area contributed by atoms with Gasteiger partial charge in [0.15, 0.2) is 0 Å². The molecule has 0 N–H and O–H groups in total. The first-order valence-corrected chi connectivity index (χ1v) is 37.0. The highest BCUT2D eigenvalue weighted by Crippen LogP contribution is 2.41. The Labute approximate surface area is 684 Å². The number of rotatable bonds is 18. The molecule has 108 heavy (non-hydrogen) atoms. The minimum atomic E-state index is -0.0763. The van der Waals surface area contributed by atoms with Gasteiger partial charge in [-0.05, 0) is 205 Å². The van der Waals surface area contributed by atoms with E-state index in [0.717, 1.165) is 113 Å². The number of aryl methyl sites for hydroxylation is 8. The molecule has 0 radical (unpaired) electrons. The van der Waals surface area contributed by atoms with Gasteiger partial charge >= 0.3 is 0 Å². The highest BCUT2D eigenvalue weighted by atomic mass is 79.9. The first-order chi connectivity index (χ1) is 49.2. The third-order valence-corrected chi connectivity index (χ3v) is 18.6. The van der Waals surface area contributed by atoms with Crippen LogP contribution in [0.4, 0.5) is 0 Å². The fourth-order valence-electron chi connectivity index (χ4n) is 11.5. The van der Waals surface area contributed by atoms with Crippen LogP contribution in [0.3, 0.4) is 0 Å². The zero-order valence-corrected chi connectivity index (χ0v) is 69.7. The molecule has 4 aliphatic carbocycles. The van der Waals surface area contributed by atoms with Gasteiger partial charge in [-0.3, -0.25) is 9.98 Å². The van der Waals surface area contributed by atoms with E-state index in [-0.39, 0.29) is 93.3 Å². The molecule has 4 aromatic carbocycles. The average Bonchev–Trinajstić information content (AvgIpc) is 1.61. The molecule has 24 heteroatoms. The lowest BCUT2D eigenvalue weighted by molar-refractivity contribution is 0.216. The van der Waals surface area contributed by atoms with Crippen LogP contribution in [0.15, 0.2) is 189 Å². The van der Waals surface area contributed by atoms with Gasteiger partial charge in [-0.15, -0.1) is 0 Å². The van der Waals surface area contributed by atoms with E-state index < -0.39 is 0 Å². The van der Waals surface area contributed by atoms with Crippen LogP contribution in [0.5, 0.6) is 23.5 Å². The normalized spacial score (nSPS) is 15.0. The molecule has 4 fully saturated rings. The second-order valence-electron chi connectivity index (χ2n) is 26.8. The predicted molar refractivity (Wildman–Crippen MR) is 464 cm³/mol. The van der Waals surface area contributed by atoms with Crippen molar-refractivity contribution in [3.63, 3.8) is 0 Å². The van der Waals surface area contributed by atoms with Gasteiger partial charge in [0.2, 0.25) is 23.5 Å². The molecule has 0 bridgehead atoms. The van der Waals surface area contributed by atoms with Crippen molar-refractivity contribution in [2.24, 2.45) is 21.8 Å². The molecule has 576 valence electrons.